The number of rotatable bonds is 3. The average Bonchev–Trinajstić information content (AvgIpc) is 3.36. The molecule has 1 unspecified atom stereocenters. The molecule has 0 spiro atoms. The van der Waals surface area contributed by atoms with E-state index >= 15 is 0 Å². The minimum absolute atomic E-state index is 0.0406. The third-order valence-corrected chi connectivity index (χ3v) is 5.94. The van der Waals surface area contributed by atoms with E-state index in [1.54, 1.807) is 5.06 Å². The van der Waals surface area contributed by atoms with Crippen molar-refractivity contribution >= 4 is 16.5 Å². The van der Waals surface area contributed by atoms with Gasteiger partial charge >= 0.3 is 0 Å². The number of para-hydroxylation sites is 1. The standard InChI is InChI=1S/C27H20N2O3/c30-26-23-24(19-11-3-1-4-12-19)29(20-14-5-2-6-15-20)32-25(23)27(31)28(26)22-17-9-13-18-10-7-8-16-21(18)22/h1-17,24,30-31H. The summed E-state index contributed by atoms with van der Waals surface area (Å²) >= 11 is 0. The highest BCUT2D eigenvalue weighted by Gasteiger charge is 2.43. The smallest absolute Gasteiger partial charge is 0.246 e. The van der Waals surface area contributed by atoms with E-state index in [4.69, 9.17) is 4.84 Å². The summed E-state index contributed by atoms with van der Waals surface area (Å²) in [6.45, 7) is 0. The lowest BCUT2D eigenvalue weighted by molar-refractivity contribution is 0.273. The summed E-state index contributed by atoms with van der Waals surface area (Å²) in [5.74, 6) is 0.0856. The van der Waals surface area contributed by atoms with Gasteiger partial charge in [0.2, 0.25) is 17.5 Å². The van der Waals surface area contributed by atoms with Crippen LogP contribution in [0.4, 0.5) is 5.69 Å². The fourth-order valence-corrected chi connectivity index (χ4v) is 4.49. The number of benzene rings is 4. The van der Waals surface area contributed by atoms with Crippen LogP contribution in [0, 0.1) is 0 Å². The molecule has 2 N–H and O–H groups in total. The van der Waals surface area contributed by atoms with Crippen molar-refractivity contribution in [1.29, 1.82) is 0 Å². The van der Waals surface area contributed by atoms with Gasteiger partial charge in [-0.3, -0.25) is 0 Å². The number of aromatic nitrogens is 1. The van der Waals surface area contributed by atoms with Crippen molar-refractivity contribution < 1.29 is 15.1 Å². The summed E-state index contributed by atoms with van der Waals surface area (Å²) in [7, 11) is 0. The Kier molecular flexibility index (Phi) is 4.08. The fourth-order valence-electron chi connectivity index (χ4n) is 4.49. The van der Waals surface area contributed by atoms with Gasteiger partial charge in [0.05, 0.1) is 16.9 Å². The molecule has 1 aliphatic heterocycles. The lowest BCUT2D eigenvalue weighted by Crippen LogP contribution is -2.27. The van der Waals surface area contributed by atoms with Crippen LogP contribution in [0.5, 0.6) is 17.5 Å². The molecule has 1 aromatic heterocycles. The highest BCUT2D eigenvalue weighted by molar-refractivity contribution is 5.91. The molecule has 32 heavy (non-hydrogen) atoms. The van der Waals surface area contributed by atoms with E-state index in [0.29, 0.717) is 11.3 Å². The van der Waals surface area contributed by atoms with Gasteiger partial charge in [0, 0.05) is 5.39 Å². The van der Waals surface area contributed by atoms with E-state index in [1.165, 1.54) is 4.57 Å². The lowest BCUT2D eigenvalue weighted by Gasteiger charge is -2.26. The molecule has 0 saturated heterocycles. The lowest BCUT2D eigenvalue weighted by atomic mass is 10.00. The first kappa shape index (κ1) is 18.4. The van der Waals surface area contributed by atoms with Gasteiger partial charge in [-0.25, -0.2) is 4.57 Å². The Labute approximate surface area is 184 Å². The zero-order valence-electron chi connectivity index (χ0n) is 17.1. The zero-order valence-corrected chi connectivity index (χ0v) is 17.1. The molecule has 5 nitrogen and oxygen atoms in total. The first-order valence-corrected chi connectivity index (χ1v) is 10.5. The van der Waals surface area contributed by atoms with E-state index in [1.807, 2.05) is 103 Å². The third-order valence-electron chi connectivity index (χ3n) is 5.94. The summed E-state index contributed by atoms with van der Waals surface area (Å²) in [5, 5.41) is 26.3. The van der Waals surface area contributed by atoms with Crippen LogP contribution in [0.2, 0.25) is 0 Å². The van der Waals surface area contributed by atoms with Crippen molar-refractivity contribution in [1.82, 2.24) is 4.57 Å². The van der Waals surface area contributed by atoms with Gasteiger partial charge in [-0.1, -0.05) is 84.9 Å². The normalized spacial score (nSPS) is 15.0. The van der Waals surface area contributed by atoms with E-state index in [-0.39, 0.29) is 17.5 Å². The van der Waals surface area contributed by atoms with Crippen LogP contribution < -0.4 is 9.90 Å². The highest BCUT2D eigenvalue weighted by Crippen LogP contribution is 2.55. The second-order valence-corrected chi connectivity index (χ2v) is 7.79. The fraction of sp³-hybridized carbons (Fsp3) is 0.0370. The molecule has 0 fully saturated rings. The molecule has 2 heterocycles. The van der Waals surface area contributed by atoms with E-state index in [0.717, 1.165) is 22.0 Å². The van der Waals surface area contributed by atoms with Crippen LogP contribution in [-0.2, 0) is 0 Å². The Hall–Kier alpha value is -4.38. The van der Waals surface area contributed by atoms with Crippen LogP contribution in [0.15, 0.2) is 103 Å². The molecular formula is C27H20N2O3. The van der Waals surface area contributed by atoms with Crippen LogP contribution in [-0.4, -0.2) is 14.8 Å². The number of hydrogen-bond acceptors (Lipinski definition) is 4. The second kappa shape index (κ2) is 7.10. The largest absolute Gasteiger partial charge is 0.494 e. The van der Waals surface area contributed by atoms with Gasteiger partial charge in [0.1, 0.15) is 6.04 Å². The minimum Gasteiger partial charge on any atom is -0.494 e. The first-order valence-electron chi connectivity index (χ1n) is 10.5. The van der Waals surface area contributed by atoms with Crippen molar-refractivity contribution in [3.8, 4) is 23.2 Å². The van der Waals surface area contributed by atoms with Gasteiger partial charge in [-0.15, -0.1) is 0 Å². The Morgan fingerprint density at radius 1 is 0.656 bits per heavy atom. The Morgan fingerprint density at radius 3 is 2.09 bits per heavy atom. The third kappa shape index (κ3) is 2.65. The van der Waals surface area contributed by atoms with Crippen molar-refractivity contribution in [3.63, 3.8) is 0 Å². The predicted molar refractivity (Wildman–Crippen MR) is 124 cm³/mol. The molecule has 0 saturated carbocycles. The molecule has 0 radical (unpaired) electrons. The van der Waals surface area contributed by atoms with E-state index in [9.17, 15) is 10.2 Å². The Balaban J connectivity index is 1.58. The quantitative estimate of drug-likeness (QED) is 0.379. The van der Waals surface area contributed by atoms with Crippen molar-refractivity contribution in [2.24, 2.45) is 0 Å². The average molecular weight is 420 g/mol. The number of nitrogens with zero attached hydrogens (tertiary/aromatic N) is 2. The number of hydrogen-bond donors (Lipinski definition) is 2. The number of anilines is 1. The van der Waals surface area contributed by atoms with Crippen molar-refractivity contribution in [2.45, 2.75) is 6.04 Å². The van der Waals surface area contributed by atoms with Crippen LogP contribution in [0.3, 0.4) is 0 Å². The van der Waals surface area contributed by atoms with Crippen LogP contribution in [0.25, 0.3) is 16.5 Å². The molecular weight excluding hydrogens is 400 g/mol. The van der Waals surface area contributed by atoms with E-state index < -0.39 is 6.04 Å². The van der Waals surface area contributed by atoms with Gasteiger partial charge in [0.25, 0.3) is 0 Å². The summed E-state index contributed by atoms with van der Waals surface area (Å²) < 4.78 is 1.46. The maximum absolute atomic E-state index is 11.4. The Bertz CT molecular complexity index is 1420. The predicted octanol–water partition coefficient (Wildman–Crippen LogP) is 5.95. The van der Waals surface area contributed by atoms with Gasteiger partial charge in [0.15, 0.2) is 0 Å². The van der Waals surface area contributed by atoms with Crippen LogP contribution in [0.1, 0.15) is 17.2 Å². The van der Waals surface area contributed by atoms with Crippen molar-refractivity contribution in [3.05, 3.63) is 114 Å². The van der Waals surface area contributed by atoms with Gasteiger partial charge in [-0.2, -0.15) is 5.06 Å². The number of aromatic hydroxyl groups is 2. The summed E-state index contributed by atoms with van der Waals surface area (Å²) in [5.41, 5.74) is 2.99. The van der Waals surface area contributed by atoms with Crippen molar-refractivity contribution in [2.75, 3.05) is 5.06 Å². The maximum Gasteiger partial charge on any atom is 0.246 e. The molecule has 1 aliphatic rings. The zero-order chi connectivity index (χ0) is 21.7. The number of hydroxylamine groups is 1. The first-order chi connectivity index (χ1) is 15.7. The summed E-state index contributed by atoms with van der Waals surface area (Å²) in [6.07, 6.45) is 0. The molecule has 156 valence electrons. The molecule has 0 aliphatic carbocycles. The topological polar surface area (TPSA) is 57.9 Å². The highest BCUT2D eigenvalue weighted by atomic mass is 16.7. The van der Waals surface area contributed by atoms with Crippen LogP contribution >= 0.6 is 0 Å². The van der Waals surface area contributed by atoms with Gasteiger partial charge in [-0.05, 0) is 29.1 Å². The monoisotopic (exact) mass is 420 g/mol. The molecule has 6 rings (SSSR count). The summed E-state index contributed by atoms with van der Waals surface area (Å²) in [4.78, 5) is 6.19. The van der Waals surface area contributed by atoms with E-state index in [2.05, 4.69) is 0 Å². The SMILES string of the molecule is Oc1c2c(c(O)n1-c1cccc3ccccc13)C(c1ccccc1)N(c1ccccc1)O2. The molecule has 0 amide bonds. The maximum atomic E-state index is 11.4. The number of fused-ring (bicyclic) bond motifs is 2. The molecule has 0 bridgehead atoms. The second-order valence-electron chi connectivity index (χ2n) is 7.79. The molecule has 5 aromatic rings. The Morgan fingerprint density at radius 2 is 1.31 bits per heavy atom. The molecule has 4 aromatic carbocycles. The minimum atomic E-state index is -0.421. The molecule has 1 atom stereocenters. The molecule has 5 heteroatoms. The summed E-state index contributed by atoms with van der Waals surface area (Å²) in [6, 6.07) is 32.8. The van der Waals surface area contributed by atoms with Gasteiger partial charge < -0.3 is 15.1 Å².